The average Bonchev–Trinajstić information content (AvgIpc) is 2.38. The van der Waals surface area contributed by atoms with E-state index in [0.717, 1.165) is 0 Å². The van der Waals surface area contributed by atoms with Gasteiger partial charge >= 0.3 is 7.60 Å². The van der Waals surface area contributed by atoms with Crippen LogP contribution in [0.3, 0.4) is 0 Å². The molecule has 18 heavy (non-hydrogen) atoms. The Balaban J connectivity index is 4.21. The SMILES string of the molecule is C#CCCC#COP(=O)(CC)OC#CCCC#C. The van der Waals surface area contributed by atoms with Crippen molar-refractivity contribution >= 4 is 7.60 Å². The lowest BCUT2D eigenvalue weighted by Crippen LogP contribution is -1.90. The van der Waals surface area contributed by atoms with Gasteiger partial charge in [0, 0.05) is 25.7 Å². The van der Waals surface area contributed by atoms with E-state index in [2.05, 4.69) is 35.9 Å². The minimum Gasteiger partial charge on any atom is -0.362 e. The third-order valence-corrected chi connectivity index (χ3v) is 3.20. The first-order valence-electron chi connectivity index (χ1n) is 5.47. The van der Waals surface area contributed by atoms with E-state index in [1.165, 1.54) is 0 Å². The van der Waals surface area contributed by atoms with Crippen LogP contribution >= 0.6 is 7.60 Å². The highest BCUT2D eigenvalue weighted by Crippen LogP contribution is 2.46. The van der Waals surface area contributed by atoms with Gasteiger partial charge in [-0.3, -0.25) is 0 Å². The van der Waals surface area contributed by atoms with E-state index in [4.69, 9.17) is 21.9 Å². The third kappa shape index (κ3) is 8.25. The molecule has 0 spiro atoms. The molecule has 4 heteroatoms. The summed E-state index contributed by atoms with van der Waals surface area (Å²) in [6.07, 6.45) is 17.0. The number of terminal acetylenes is 2. The molecular formula is C14H15O3P. The zero-order valence-electron chi connectivity index (χ0n) is 10.4. The summed E-state index contributed by atoms with van der Waals surface area (Å²) in [5.41, 5.74) is 0. The van der Waals surface area contributed by atoms with Crippen LogP contribution in [0.4, 0.5) is 0 Å². The van der Waals surface area contributed by atoms with E-state index in [-0.39, 0.29) is 6.16 Å². The second-order valence-electron chi connectivity index (χ2n) is 3.08. The second kappa shape index (κ2) is 10.2. The zero-order valence-corrected chi connectivity index (χ0v) is 11.3. The Kier molecular flexibility index (Phi) is 9.14. The topological polar surface area (TPSA) is 35.5 Å². The van der Waals surface area contributed by atoms with E-state index in [1.807, 2.05) is 0 Å². The molecule has 0 radical (unpaired) electrons. The lowest BCUT2D eigenvalue weighted by atomic mass is 10.3. The molecule has 0 aromatic carbocycles. The van der Waals surface area contributed by atoms with Gasteiger partial charge in [-0.25, -0.2) is 4.57 Å². The van der Waals surface area contributed by atoms with E-state index >= 15 is 0 Å². The Labute approximate surface area is 109 Å². The third-order valence-electron chi connectivity index (χ3n) is 1.69. The van der Waals surface area contributed by atoms with Crippen molar-refractivity contribution < 1.29 is 13.6 Å². The molecule has 0 amide bonds. The molecule has 0 aromatic heterocycles. The van der Waals surface area contributed by atoms with Crippen molar-refractivity contribution in [1.29, 1.82) is 0 Å². The molecule has 0 aliphatic rings. The van der Waals surface area contributed by atoms with Crippen LogP contribution in [0.1, 0.15) is 32.6 Å². The van der Waals surface area contributed by atoms with Crippen molar-refractivity contribution in [2.24, 2.45) is 0 Å². The Morgan fingerprint density at radius 1 is 0.944 bits per heavy atom. The van der Waals surface area contributed by atoms with Gasteiger partial charge < -0.3 is 9.05 Å². The summed E-state index contributed by atoms with van der Waals surface area (Å²) >= 11 is 0. The minimum atomic E-state index is -3.25. The van der Waals surface area contributed by atoms with Gasteiger partial charge in [-0.05, 0) is 0 Å². The van der Waals surface area contributed by atoms with Gasteiger partial charge in [0.2, 0.25) is 0 Å². The summed E-state index contributed by atoms with van der Waals surface area (Å²) in [5.74, 6) is 10.2. The zero-order chi connectivity index (χ0) is 13.7. The van der Waals surface area contributed by atoms with Crippen molar-refractivity contribution in [3.63, 3.8) is 0 Å². The van der Waals surface area contributed by atoms with Crippen molar-refractivity contribution in [2.45, 2.75) is 32.6 Å². The Hall–Kier alpha value is -1.93. The minimum absolute atomic E-state index is 0.195. The summed E-state index contributed by atoms with van der Waals surface area (Å²) in [4.78, 5) is 0. The Morgan fingerprint density at radius 2 is 1.39 bits per heavy atom. The van der Waals surface area contributed by atoms with Crippen LogP contribution in [-0.2, 0) is 13.6 Å². The monoisotopic (exact) mass is 262 g/mol. The van der Waals surface area contributed by atoms with Crippen LogP contribution in [0.5, 0.6) is 0 Å². The molecule has 0 aromatic rings. The normalized spacial score (nSPS) is 8.61. The number of rotatable bonds is 5. The highest BCUT2D eigenvalue weighted by atomic mass is 31.2. The summed E-state index contributed by atoms with van der Waals surface area (Å²) in [6.45, 7) is 1.67. The molecule has 0 heterocycles. The summed E-state index contributed by atoms with van der Waals surface area (Å²) in [6, 6.07) is 0. The molecule has 0 saturated carbocycles. The summed E-state index contributed by atoms with van der Waals surface area (Å²) < 4.78 is 21.7. The molecule has 0 bridgehead atoms. The maximum absolute atomic E-state index is 11.9. The van der Waals surface area contributed by atoms with E-state index in [0.29, 0.717) is 25.7 Å². The second-order valence-corrected chi connectivity index (χ2v) is 5.30. The number of unbranched alkanes of at least 4 members (excludes halogenated alkanes) is 2. The van der Waals surface area contributed by atoms with Gasteiger partial charge in [0.05, 0.1) is 6.16 Å². The van der Waals surface area contributed by atoms with Crippen LogP contribution in [0.25, 0.3) is 0 Å². The van der Waals surface area contributed by atoms with Crippen LogP contribution in [0, 0.1) is 48.7 Å². The van der Waals surface area contributed by atoms with Crippen molar-refractivity contribution in [1.82, 2.24) is 0 Å². The molecule has 3 nitrogen and oxygen atoms in total. The molecule has 0 aliphatic carbocycles. The van der Waals surface area contributed by atoms with Crippen molar-refractivity contribution in [3.05, 3.63) is 0 Å². The highest BCUT2D eigenvalue weighted by Gasteiger charge is 2.22. The first-order chi connectivity index (χ1) is 8.68. The van der Waals surface area contributed by atoms with Crippen LogP contribution in [0.15, 0.2) is 0 Å². The highest BCUT2D eigenvalue weighted by molar-refractivity contribution is 7.54. The standard InChI is InChI=1S/C14H15O3P/c1-4-7-9-11-13-16-18(15,6-3)17-14-12-10-8-5-2/h1-2H,6-10H2,3H3. The quantitative estimate of drug-likeness (QED) is 0.434. The average molecular weight is 262 g/mol. The predicted octanol–water partition coefficient (Wildman–Crippen LogP) is 2.98. The van der Waals surface area contributed by atoms with Gasteiger partial charge in [-0.2, -0.15) is 0 Å². The molecule has 0 unspecified atom stereocenters. The van der Waals surface area contributed by atoms with Crippen LogP contribution < -0.4 is 0 Å². The van der Waals surface area contributed by atoms with E-state index in [9.17, 15) is 4.57 Å². The largest absolute Gasteiger partial charge is 0.446 e. The van der Waals surface area contributed by atoms with E-state index < -0.39 is 7.60 Å². The fourth-order valence-electron chi connectivity index (χ4n) is 0.723. The predicted molar refractivity (Wildman–Crippen MR) is 72.0 cm³/mol. The molecule has 94 valence electrons. The van der Waals surface area contributed by atoms with Gasteiger partial charge in [0.1, 0.15) is 12.2 Å². The maximum Gasteiger partial charge on any atom is 0.446 e. The Morgan fingerprint density at radius 3 is 1.72 bits per heavy atom. The lowest BCUT2D eigenvalue weighted by Gasteiger charge is -2.08. The molecule has 0 N–H and O–H groups in total. The fourth-order valence-corrected chi connectivity index (χ4v) is 1.43. The Bertz CT molecular complexity index is 444. The lowest BCUT2D eigenvalue weighted by molar-refractivity contribution is 0.355. The maximum atomic E-state index is 11.9. The number of hydrogen-bond donors (Lipinski definition) is 0. The van der Waals surface area contributed by atoms with E-state index in [1.54, 1.807) is 6.92 Å². The van der Waals surface area contributed by atoms with Gasteiger partial charge in [0.25, 0.3) is 0 Å². The smallest absolute Gasteiger partial charge is 0.362 e. The molecule has 0 atom stereocenters. The van der Waals surface area contributed by atoms with Crippen molar-refractivity contribution in [3.8, 4) is 48.7 Å². The fraction of sp³-hybridized carbons (Fsp3) is 0.429. The summed E-state index contributed by atoms with van der Waals surface area (Å²) in [5, 5.41) is 0. The van der Waals surface area contributed by atoms with Gasteiger partial charge in [-0.15, -0.1) is 24.7 Å². The summed E-state index contributed by atoms with van der Waals surface area (Å²) in [7, 11) is -3.25. The van der Waals surface area contributed by atoms with Crippen molar-refractivity contribution in [2.75, 3.05) is 6.16 Å². The first kappa shape index (κ1) is 16.1. The molecule has 0 aliphatic heterocycles. The first-order valence-corrected chi connectivity index (χ1v) is 7.20. The van der Waals surface area contributed by atoms with Gasteiger partial charge in [0.15, 0.2) is 0 Å². The van der Waals surface area contributed by atoms with Gasteiger partial charge in [-0.1, -0.05) is 18.8 Å². The van der Waals surface area contributed by atoms with Crippen LogP contribution in [-0.4, -0.2) is 6.16 Å². The molecule has 0 saturated heterocycles. The molecule has 0 fully saturated rings. The molecular weight excluding hydrogens is 247 g/mol. The number of hydrogen-bond acceptors (Lipinski definition) is 3. The van der Waals surface area contributed by atoms with Crippen LogP contribution in [0.2, 0.25) is 0 Å². The molecule has 0 rings (SSSR count).